The number of carbonyl (C=O) groups excluding carboxylic acids is 3. The lowest BCUT2D eigenvalue weighted by molar-refractivity contribution is -0.156. The van der Waals surface area contributed by atoms with Gasteiger partial charge in [-0.1, -0.05) is 60.5 Å². The van der Waals surface area contributed by atoms with Gasteiger partial charge in [-0.05, 0) is 36.5 Å². The third-order valence-corrected chi connectivity index (χ3v) is 6.27. The molecule has 0 aromatic heterocycles. The molecule has 0 fully saturated rings. The number of carboxylic acids is 1. The van der Waals surface area contributed by atoms with Crippen LogP contribution in [-0.4, -0.2) is 40.6 Å². The SMILES string of the molecule is CCC(C)CC(=O)Oc1ccc(CC(N)(C[C@H](C)OC(=O)C(C)C)C(=O)O)cc1OC(=O)CC(C)CC. The van der Waals surface area contributed by atoms with Crippen LogP contribution in [0.5, 0.6) is 11.5 Å². The van der Waals surface area contributed by atoms with E-state index in [0.29, 0.717) is 5.56 Å². The highest BCUT2D eigenvalue weighted by Gasteiger charge is 2.37. The van der Waals surface area contributed by atoms with Gasteiger partial charge >= 0.3 is 23.9 Å². The summed E-state index contributed by atoms with van der Waals surface area (Å²) < 4.78 is 16.4. The van der Waals surface area contributed by atoms with E-state index in [2.05, 4.69) is 0 Å². The molecule has 0 heterocycles. The summed E-state index contributed by atoms with van der Waals surface area (Å²) in [6, 6.07) is 4.52. The third-order valence-electron chi connectivity index (χ3n) is 6.27. The maximum Gasteiger partial charge on any atom is 0.324 e. The van der Waals surface area contributed by atoms with Crippen LogP contribution in [0.4, 0.5) is 0 Å². The van der Waals surface area contributed by atoms with Crippen molar-refractivity contribution in [1.82, 2.24) is 0 Å². The van der Waals surface area contributed by atoms with Crippen LogP contribution >= 0.6 is 0 Å². The fourth-order valence-electron chi connectivity index (χ4n) is 3.50. The van der Waals surface area contributed by atoms with Gasteiger partial charge in [0.05, 0.1) is 5.92 Å². The first kappa shape index (κ1) is 32.1. The molecule has 0 radical (unpaired) electrons. The van der Waals surface area contributed by atoms with Crippen molar-refractivity contribution >= 4 is 23.9 Å². The van der Waals surface area contributed by atoms with Crippen LogP contribution in [0.15, 0.2) is 18.2 Å². The number of rotatable bonds is 15. The maximum absolute atomic E-state index is 12.5. The molecule has 0 aliphatic carbocycles. The summed E-state index contributed by atoms with van der Waals surface area (Å²) in [5.41, 5.74) is 4.96. The Balaban J connectivity index is 3.22. The van der Waals surface area contributed by atoms with E-state index in [1.54, 1.807) is 26.8 Å². The number of carboxylic acid groups (broad SMARTS) is 1. The Kier molecular flexibility index (Phi) is 12.8. The summed E-state index contributed by atoms with van der Waals surface area (Å²) in [6.07, 6.45) is 0.984. The van der Waals surface area contributed by atoms with Gasteiger partial charge in [-0.3, -0.25) is 19.2 Å². The zero-order valence-corrected chi connectivity index (χ0v) is 23.2. The van der Waals surface area contributed by atoms with Crippen molar-refractivity contribution in [3.05, 3.63) is 23.8 Å². The lowest BCUT2D eigenvalue weighted by atomic mass is 9.86. The normalized spacial score (nSPS) is 15.3. The second-order valence-electron chi connectivity index (χ2n) is 10.4. The van der Waals surface area contributed by atoms with Crippen molar-refractivity contribution in [2.75, 3.05) is 0 Å². The average Bonchev–Trinajstić information content (AvgIpc) is 2.79. The quantitative estimate of drug-likeness (QED) is 0.248. The molecule has 0 spiro atoms. The molecular weight excluding hydrogens is 478 g/mol. The molecule has 9 nitrogen and oxygen atoms in total. The molecule has 0 aliphatic heterocycles. The topological polar surface area (TPSA) is 142 Å². The van der Waals surface area contributed by atoms with E-state index in [-0.39, 0.29) is 54.9 Å². The minimum Gasteiger partial charge on any atom is -0.480 e. The highest BCUT2D eigenvalue weighted by Crippen LogP contribution is 2.32. The first-order valence-electron chi connectivity index (χ1n) is 13.0. The maximum atomic E-state index is 12.5. The van der Waals surface area contributed by atoms with Gasteiger partial charge in [0.2, 0.25) is 0 Å². The van der Waals surface area contributed by atoms with E-state index in [1.165, 1.54) is 12.1 Å². The molecule has 4 atom stereocenters. The fraction of sp³-hybridized carbons (Fsp3) is 0.643. The Morgan fingerprint density at radius 1 is 0.892 bits per heavy atom. The summed E-state index contributed by atoms with van der Waals surface area (Å²) in [7, 11) is 0. The first-order valence-corrected chi connectivity index (χ1v) is 13.0. The second kappa shape index (κ2) is 14.7. The van der Waals surface area contributed by atoms with Gasteiger partial charge in [0, 0.05) is 25.7 Å². The highest BCUT2D eigenvalue weighted by molar-refractivity contribution is 5.80. The number of benzene rings is 1. The van der Waals surface area contributed by atoms with E-state index in [9.17, 15) is 24.3 Å². The van der Waals surface area contributed by atoms with Crippen molar-refractivity contribution in [3.63, 3.8) is 0 Å². The van der Waals surface area contributed by atoms with Crippen molar-refractivity contribution in [2.45, 2.75) is 98.6 Å². The molecule has 0 saturated heterocycles. The zero-order chi connectivity index (χ0) is 28.3. The van der Waals surface area contributed by atoms with E-state index in [1.807, 2.05) is 27.7 Å². The summed E-state index contributed by atoms with van der Waals surface area (Å²) in [5.74, 6) is -2.68. The highest BCUT2D eigenvalue weighted by atomic mass is 16.6. The Morgan fingerprint density at radius 3 is 1.86 bits per heavy atom. The van der Waals surface area contributed by atoms with Gasteiger partial charge in [-0.25, -0.2) is 0 Å². The molecule has 0 amide bonds. The van der Waals surface area contributed by atoms with Crippen molar-refractivity contribution in [2.24, 2.45) is 23.5 Å². The van der Waals surface area contributed by atoms with Crippen molar-refractivity contribution in [3.8, 4) is 11.5 Å². The largest absolute Gasteiger partial charge is 0.480 e. The molecule has 37 heavy (non-hydrogen) atoms. The Labute approximate surface area is 220 Å². The molecule has 0 bridgehead atoms. The number of nitrogens with two attached hydrogens (primary N) is 1. The number of hydrogen-bond donors (Lipinski definition) is 2. The van der Waals surface area contributed by atoms with Crippen molar-refractivity contribution < 1.29 is 38.5 Å². The molecule has 3 N–H and O–H groups in total. The first-order chi connectivity index (χ1) is 17.2. The molecular formula is C28H43NO8. The van der Waals surface area contributed by atoms with E-state index in [0.717, 1.165) is 12.8 Å². The summed E-state index contributed by atoms with van der Waals surface area (Å²) >= 11 is 0. The minimum absolute atomic E-state index is 0.0235. The zero-order valence-electron chi connectivity index (χ0n) is 23.2. The van der Waals surface area contributed by atoms with Crippen LogP contribution in [0.2, 0.25) is 0 Å². The average molecular weight is 522 g/mol. The molecule has 0 saturated carbocycles. The monoisotopic (exact) mass is 521 g/mol. The molecule has 0 aliphatic rings. The van der Waals surface area contributed by atoms with Gasteiger partial charge in [0.1, 0.15) is 11.6 Å². The Morgan fingerprint density at radius 2 is 1.41 bits per heavy atom. The van der Waals surface area contributed by atoms with E-state index in [4.69, 9.17) is 19.9 Å². The molecule has 208 valence electrons. The number of hydrogen-bond acceptors (Lipinski definition) is 8. The molecule has 1 rings (SSSR count). The molecule has 9 heteroatoms. The van der Waals surface area contributed by atoms with Gasteiger partial charge in [0.25, 0.3) is 0 Å². The number of aliphatic carboxylic acids is 1. The lowest BCUT2D eigenvalue weighted by Crippen LogP contribution is -2.52. The predicted octanol–water partition coefficient (Wildman–Crippen LogP) is 4.67. The lowest BCUT2D eigenvalue weighted by Gasteiger charge is -2.28. The van der Waals surface area contributed by atoms with Crippen LogP contribution < -0.4 is 15.2 Å². The second-order valence-corrected chi connectivity index (χ2v) is 10.4. The van der Waals surface area contributed by atoms with Crippen molar-refractivity contribution in [1.29, 1.82) is 0 Å². The molecule has 1 aromatic rings. The van der Waals surface area contributed by atoms with E-state index < -0.39 is 35.5 Å². The fourth-order valence-corrected chi connectivity index (χ4v) is 3.50. The van der Waals surface area contributed by atoms with E-state index >= 15 is 0 Å². The predicted molar refractivity (Wildman–Crippen MR) is 139 cm³/mol. The van der Waals surface area contributed by atoms with Gasteiger partial charge in [-0.2, -0.15) is 0 Å². The molecule has 1 aromatic carbocycles. The van der Waals surface area contributed by atoms with Crippen LogP contribution in [0.25, 0.3) is 0 Å². The van der Waals surface area contributed by atoms with Crippen LogP contribution in [0.3, 0.4) is 0 Å². The minimum atomic E-state index is -1.76. The van der Waals surface area contributed by atoms with Gasteiger partial charge in [0.15, 0.2) is 11.5 Å². The van der Waals surface area contributed by atoms with Gasteiger partial charge < -0.3 is 25.1 Å². The van der Waals surface area contributed by atoms with Crippen LogP contribution in [-0.2, 0) is 30.3 Å². The summed E-state index contributed by atoms with van der Waals surface area (Å²) in [4.78, 5) is 49.0. The number of carbonyl (C=O) groups is 4. The van der Waals surface area contributed by atoms with Crippen LogP contribution in [0, 0.1) is 17.8 Å². The molecule has 3 unspecified atom stereocenters. The summed E-state index contributed by atoms with van der Waals surface area (Å²) in [5, 5.41) is 9.89. The summed E-state index contributed by atoms with van der Waals surface area (Å²) in [6.45, 7) is 12.8. The number of ether oxygens (including phenoxy) is 3. The van der Waals surface area contributed by atoms with Gasteiger partial charge in [-0.15, -0.1) is 0 Å². The number of esters is 3. The standard InChI is InChI=1S/C28H43NO8/c1-8-18(5)12-24(30)36-22-11-10-21(14-23(22)37-25(31)13-19(6)9-2)16-28(29,27(33)34)15-20(7)35-26(32)17(3)4/h10-11,14,17-20H,8-9,12-13,15-16,29H2,1-7H3,(H,33,34)/t18?,19?,20-,28?/m0/s1. The van der Waals surface area contributed by atoms with Crippen LogP contribution in [0.1, 0.15) is 86.1 Å². The third kappa shape index (κ3) is 10.9. The Hall–Kier alpha value is -2.94. The smallest absolute Gasteiger partial charge is 0.324 e. The Bertz CT molecular complexity index is 944.